The molecule has 1 aromatic carbocycles. The lowest BCUT2D eigenvalue weighted by Gasteiger charge is -2.22. The number of rotatable bonds is 6. The van der Waals surface area contributed by atoms with Gasteiger partial charge in [0.05, 0.1) is 18.2 Å². The van der Waals surface area contributed by atoms with E-state index in [1.165, 1.54) is 11.1 Å². The highest BCUT2D eigenvalue weighted by Crippen LogP contribution is 2.29. The third-order valence-corrected chi connectivity index (χ3v) is 4.65. The van der Waals surface area contributed by atoms with E-state index in [-0.39, 0.29) is 30.0 Å². The Morgan fingerprint density at radius 2 is 1.83 bits per heavy atom. The number of nitrogens with zero attached hydrogens (tertiary/aromatic N) is 1. The predicted octanol–water partition coefficient (Wildman–Crippen LogP) is 3.79. The van der Waals surface area contributed by atoms with Gasteiger partial charge in [-0.1, -0.05) is 44.0 Å². The smallest absolute Gasteiger partial charge is 0.191 e. The fraction of sp³-hybridized carbons (Fsp3) is 0.632. The lowest BCUT2D eigenvalue weighted by Crippen LogP contribution is -2.40. The van der Waals surface area contributed by atoms with Gasteiger partial charge >= 0.3 is 0 Å². The van der Waals surface area contributed by atoms with Gasteiger partial charge in [-0.2, -0.15) is 0 Å². The van der Waals surface area contributed by atoms with Crippen molar-refractivity contribution in [1.82, 2.24) is 10.6 Å². The number of aryl methyl sites for hydroxylation is 1. The summed E-state index contributed by atoms with van der Waals surface area (Å²) in [5.74, 6) is 0.778. The van der Waals surface area contributed by atoms with E-state index in [0.29, 0.717) is 6.54 Å². The molecule has 4 nitrogen and oxygen atoms in total. The van der Waals surface area contributed by atoms with E-state index >= 15 is 0 Å². The molecule has 3 N–H and O–H groups in total. The van der Waals surface area contributed by atoms with E-state index in [1.807, 2.05) is 0 Å². The van der Waals surface area contributed by atoms with Crippen LogP contribution < -0.4 is 10.6 Å². The second-order valence-electron chi connectivity index (χ2n) is 6.59. The second kappa shape index (κ2) is 10.2. The highest BCUT2D eigenvalue weighted by molar-refractivity contribution is 14.0. The van der Waals surface area contributed by atoms with Crippen LogP contribution in [0.15, 0.2) is 29.3 Å². The van der Waals surface area contributed by atoms with Crippen molar-refractivity contribution >= 4 is 29.9 Å². The highest BCUT2D eigenvalue weighted by atomic mass is 127. The number of guanidine groups is 1. The van der Waals surface area contributed by atoms with Crippen molar-refractivity contribution in [2.75, 3.05) is 13.1 Å². The molecular weight excluding hydrogens is 413 g/mol. The maximum atomic E-state index is 10.5. The van der Waals surface area contributed by atoms with Gasteiger partial charge in [0.15, 0.2) is 5.96 Å². The first-order valence-corrected chi connectivity index (χ1v) is 8.92. The van der Waals surface area contributed by atoms with Gasteiger partial charge < -0.3 is 15.7 Å². The normalized spacial score (nSPS) is 17.9. The molecule has 136 valence electrons. The molecule has 2 rings (SSSR count). The van der Waals surface area contributed by atoms with Gasteiger partial charge in [0.2, 0.25) is 0 Å². The summed E-state index contributed by atoms with van der Waals surface area (Å²) in [6.45, 7) is 7.65. The van der Waals surface area contributed by atoms with Crippen molar-refractivity contribution in [2.45, 2.75) is 64.5 Å². The predicted molar refractivity (Wildman–Crippen MR) is 112 cm³/mol. The molecule has 0 amide bonds. The number of benzene rings is 1. The Bertz CT molecular complexity index is 510. The maximum absolute atomic E-state index is 10.5. The minimum Gasteiger partial charge on any atom is -0.388 e. The van der Waals surface area contributed by atoms with Crippen LogP contribution in [-0.4, -0.2) is 29.8 Å². The van der Waals surface area contributed by atoms with Crippen molar-refractivity contribution in [2.24, 2.45) is 4.99 Å². The first-order valence-electron chi connectivity index (χ1n) is 8.92. The quantitative estimate of drug-likeness (QED) is 0.355. The van der Waals surface area contributed by atoms with Gasteiger partial charge in [-0.15, -0.1) is 24.0 Å². The zero-order chi connectivity index (χ0) is 16.7. The van der Waals surface area contributed by atoms with E-state index in [1.54, 1.807) is 0 Å². The third-order valence-electron chi connectivity index (χ3n) is 4.65. The highest BCUT2D eigenvalue weighted by Gasteiger charge is 2.30. The molecule has 24 heavy (non-hydrogen) atoms. The molecule has 1 atom stereocenters. The number of aliphatic hydroxyl groups is 1. The summed E-state index contributed by atoms with van der Waals surface area (Å²) in [6, 6.07) is 8.88. The number of aliphatic imine (C=N–C) groups is 1. The third kappa shape index (κ3) is 6.24. The molecule has 1 unspecified atom stereocenters. The van der Waals surface area contributed by atoms with E-state index in [4.69, 9.17) is 0 Å². The monoisotopic (exact) mass is 445 g/mol. The van der Waals surface area contributed by atoms with E-state index in [0.717, 1.165) is 44.6 Å². The van der Waals surface area contributed by atoms with Crippen LogP contribution in [0, 0.1) is 0 Å². The Balaban J connectivity index is 0.00000288. The van der Waals surface area contributed by atoms with Gasteiger partial charge in [-0.3, -0.25) is 4.99 Å². The molecule has 0 aliphatic heterocycles. The number of hydrogen-bond donors (Lipinski definition) is 3. The van der Waals surface area contributed by atoms with Crippen LogP contribution >= 0.6 is 24.0 Å². The molecule has 0 radical (unpaired) electrons. The van der Waals surface area contributed by atoms with E-state index in [9.17, 15) is 5.11 Å². The molecule has 0 aromatic heterocycles. The zero-order valence-corrected chi connectivity index (χ0v) is 17.5. The summed E-state index contributed by atoms with van der Waals surface area (Å²) >= 11 is 0. The average Bonchev–Trinajstić information content (AvgIpc) is 3.00. The lowest BCUT2D eigenvalue weighted by atomic mass is 10.0. The molecular formula is C19H32IN3O. The second-order valence-corrected chi connectivity index (χ2v) is 6.59. The number of nitrogens with one attached hydrogen (secondary N) is 2. The minimum absolute atomic E-state index is 0. The first kappa shape index (κ1) is 21.2. The van der Waals surface area contributed by atoms with Gasteiger partial charge in [0.25, 0.3) is 0 Å². The van der Waals surface area contributed by atoms with Crippen LogP contribution in [0.3, 0.4) is 0 Å². The zero-order valence-electron chi connectivity index (χ0n) is 15.1. The molecule has 1 aromatic rings. The Morgan fingerprint density at radius 3 is 2.38 bits per heavy atom. The summed E-state index contributed by atoms with van der Waals surface area (Å²) in [7, 11) is 0. The fourth-order valence-corrected chi connectivity index (χ4v) is 3.07. The van der Waals surface area contributed by atoms with E-state index in [2.05, 4.69) is 60.7 Å². The topological polar surface area (TPSA) is 56.7 Å². The van der Waals surface area contributed by atoms with Crippen molar-refractivity contribution in [3.63, 3.8) is 0 Å². The van der Waals surface area contributed by atoms with Crippen LogP contribution in [-0.2, 0) is 6.42 Å². The Kier molecular flexibility index (Phi) is 9.05. The average molecular weight is 445 g/mol. The van der Waals surface area contributed by atoms with E-state index < -0.39 is 5.60 Å². The molecule has 1 saturated carbocycles. The van der Waals surface area contributed by atoms with Gasteiger partial charge in [0.1, 0.15) is 0 Å². The van der Waals surface area contributed by atoms with Gasteiger partial charge in [0, 0.05) is 6.54 Å². The maximum Gasteiger partial charge on any atom is 0.191 e. The molecule has 0 spiro atoms. The number of hydrogen-bond acceptors (Lipinski definition) is 2. The molecule has 0 bridgehead atoms. The summed E-state index contributed by atoms with van der Waals surface area (Å²) in [5.41, 5.74) is 1.99. The summed E-state index contributed by atoms with van der Waals surface area (Å²) in [6.07, 6.45) is 5.00. The first-order chi connectivity index (χ1) is 11.1. The molecule has 1 fully saturated rings. The SMILES string of the molecule is CCNC(=NCC1(O)CCCC1)NC(C)c1ccc(CC)cc1.I. The van der Waals surface area contributed by atoms with Gasteiger partial charge in [-0.05, 0) is 44.2 Å². The van der Waals surface area contributed by atoms with Crippen molar-refractivity contribution < 1.29 is 5.11 Å². The van der Waals surface area contributed by atoms with Crippen LogP contribution in [0.1, 0.15) is 63.6 Å². The number of halogens is 1. The summed E-state index contributed by atoms with van der Waals surface area (Å²) in [4.78, 5) is 4.61. The Morgan fingerprint density at radius 1 is 1.21 bits per heavy atom. The van der Waals surface area contributed by atoms with Crippen LogP contribution in [0.25, 0.3) is 0 Å². The molecule has 5 heteroatoms. The summed E-state index contributed by atoms with van der Waals surface area (Å²) in [5, 5.41) is 17.2. The van der Waals surface area contributed by atoms with Gasteiger partial charge in [-0.25, -0.2) is 0 Å². The molecule has 1 aliphatic rings. The lowest BCUT2D eigenvalue weighted by molar-refractivity contribution is 0.0574. The molecule has 0 saturated heterocycles. The minimum atomic E-state index is -0.603. The Labute approximate surface area is 163 Å². The molecule has 1 aliphatic carbocycles. The van der Waals surface area contributed by atoms with Crippen molar-refractivity contribution in [1.29, 1.82) is 0 Å². The standard InChI is InChI=1S/C19H31N3O.HI/c1-4-16-8-10-17(11-9-16)15(3)22-18(20-5-2)21-14-19(23)12-6-7-13-19;/h8-11,15,23H,4-7,12-14H2,1-3H3,(H2,20,21,22);1H. The Hall–Kier alpha value is -0.820. The van der Waals surface area contributed by atoms with Crippen LogP contribution in [0.5, 0.6) is 0 Å². The fourth-order valence-electron chi connectivity index (χ4n) is 3.07. The molecule has 0 heterocycles. The van der Waals surface area contributed by atoms with Crippen LogP contribution in [0.2, 0.25) is 0 Å². The summed E-state index contributed by atoms with van der Waals surface area (Å²) < 4.78 is 0. The largest absolute Gasteiger partial charge is 0.388 e. The van der Waals surface area contributed by atoms with Crippen molar-refractivity contribution in [3.8, 4) is 0 Å². The van der Waals surface area contributed by atoms with Crippen molar-refractivity contribution in [3.05, 3.63) is 35.4 Å². The van der Waals surface area contributed by atoms with Crippen LogP contribution in [0.4, 0.5) is 0 Å².